The Morgan fingerprint density at radius 3 is 2.48 bits per heavy atom. The molecule has 1 rings (SSSR count). The Morgan fingerprint density at radius 1 is 1.13 bits per heavy atom. The molecule has 0 fully saturated rings. The lowest BCUT2D eigenvalue weighted by atomic mass is 10.2. The molecule has 130 valence electrons. The molecule has 0 spiro atoms. The standard InChI is InChI=1S/C18H30N2O3/c1-18(2,3)23-17(21)19-13-9-6-10-14-20(4)22-15-16-11-7-5-8-12-16/h5,7-8,11-12H,6,9-10,13-15H2,1-4H3,(H,19,21). The summed E-state index contributed by atoms with van der Waals surface area (Å²) in [6, 6.07) is 10.1. The van der Waals surface area contributed by atoms with Gasteiger partial charge < -0.3 is 10.1 Å². The number of ether oxygens (including phenoxy) is 1. The minimum atomic E-state index is -0.442. The van der Waals surface area contributed by atoms with Gasteiger partial charge in [0.25, 0.3) is 0 Å². The number of benzene rings is 1. The summed E-state index contributed by atoms with van der Waals surface area (Å²) in [4.78, 5) is 17.1. The zero-order valence-electron chi connectivity index (χ0n) is 14.8. The van der Waals surface area contributed by atoms with Crippen molar-refractivity contribution in [3.8, 4) is 0 Å². The Labute approximate surface area is 139 Å². The Kier molecular flexibility index (Phi) is 8.66. The molecule has 23 heavy (non-hydrogen) atoms. The lowest BCUT2D eigenvalue weighted by Gasteiger charge is -2.19. The van der Waals surface area contributed by atoms with Crippen LogP contribution in [0.3, 0.4) is 0 Å². The third-order valence-corrected chi connectivity index (χ3v) is 3.11. The van der Waals surface area contributed by atoms with Crippen LogP contribution in [0.25, 0.3) is 0 Å². The van der Waals surface area contributed by atoms with Crippen LogP contribution in [-0.4, -0.2) is 36.9 Å². The highest BCUT2D eigenvalue weighted by Crippen LogP contribution is 2.07. The van der Waals surface area contributed by atoms with Crippen LogP contribution in [0.15, 0.2) is 30.3 Å². The summed E-state index contributed by atoms with van der Waals surface area (Å²) in [6.07, 6.45) is 2.66. The van der Waals surface area contributed by atoms with Gasteiger partial charge in [0.05, 0.1) is 6.61 Å². The van der Waals surface area contributed by atoms with Gasteiger partial charge in [-0.15, -0.1) is 0 Å². The molecule has 1 amide bonds. The van der Waals surface area contributed by atoms with E-state index in [0.29, 0.717) is 13.2 Å². The number of unbranched alkanes of at least 4 members (excludes halogenated alkanes) is 2. The van der Waals surface area contributed by atoms with Gasteiger partial charge in [0, 0.05) is 20.1 Å². The second-order valence-corrected chi connectivity index (χ2v) is 6.60. The molecule has 0 bridgehead atoms. The van der Waals surface area contributed by atoms with E-state index in [9.17, 15) is 4.79 Å². The van der Waals surface area contributed by atoms with Gasteiger partial charge in [0.1, 0.15) is 5.60 Å². The van der Waals surface area contributed by atoms with Crippen molar-refractivity contribution in [1.82, 2.24) is 10.4 Å². The minimum Gasteiger partial charge on any atom is -0.444 e. The topological polar surface area (TPSA) is 50.8 Å². The van der Waals surface area contributed by atoms with Crippen LogP contribution in [0, 0.1) is 0 Å². The van der Waals surface area contributed by atoms with E-state index in [0.717, 1.165) is 25.8 Å². The van der Waals surface area contributed by atoms with Gasteiger partial charge in [-0.1, -0.05) is 36.8 Å². The van der Waals surface area contributed by atoms with Crippen LogP contribution < -0.4 is 5.32 Å². The maximum atomic E-state index is 11.5. The molecule has 0 heterocycles. The van der Waals surface area contributed by atoms with Crippen molar-refractivity contribution in [3.05, 3.63) is 35.9 Å². The quantitative estimate of drug-likeness (QED) is 0.556. The van der Waals surface area contributed by atoms with E-state index in [1.807, 2.05) is 51.1 Å². The van der Waals surface area contributed by atoms with E-state index >= 15 is 0 Å². The molecule has 0 aliphatic rings. The van der Waals surface area contributed by atoms with Crippen LogP contribution in [0.4, 0.5) is 4.79 Å². The molecule has 0 radical (unpaired) electrons. The van der Waals surface area contributed by atoms with Crippen LogP contribution in [0.5, 0.6) is 0 Å². The Morgan fingerprint density at radius 2 is 1.83 bits per heavy atom. The van der Waals surface area contributed by atoms with Crippen molar-refractivity contribution in [3.63, 3.8) is 0 Å². The van der Waals surface area contributed by atoms with Crippen molar-refractivity contribution >= 4 is 6.09 Å². The number of nitrogens with one attached hydrogen (secondary N) is 1. The summed E-state index contributed by atoms with van der Waals surface area (Å²) in [6.45, 7) is 7.69. The van der Waals surface area contributed by atoms with Crippen LogP contribution in [0.2, 0.25) is 0 Å². The lowest BCUT2D eigenvalue weighted by molar-refractivity contribution is -0.151. The molecular weight excluding hydrogens is 292 g/mol. The maximum Gasteiger partial charge on any atom is 0.407 e. The van der Waals surface area contributed by atoms with E-state index in [2.05, 4.69) is 17.4 Å². The third kappa shape index (κ3) is 10.7. The maximum absolute atomic E-state index is 11.5. The second-order valence-electron chi connectivity index (χ2n) is 6.60. The zero-order valence-corrected chi connectivity index (χ0v) is 14.8. The van der Waals surface area contributed by atoms with Gasteiger partial charge in [-0.2, -0.15) is 5.06 Å². The molecule has 1 N–H and O–H groups in total. The largest absolute Gasteiger partial charge is 0.444 e. The summed E-state index contributed by atoms with van der Waals surface area (Å²) in [5, 5.41) is 4.64. The molecule has 0 saturated heterocycles. The zero-order chi connectivity index (χ0) is 17.1. The number of hydrogen-bond donors (Lipinski definition) is 1. The SMILES string of the molecule is CN(CCCCCNC(=O)OC(C)(C)C)OCc1ccccc1. The van der Waals surface area contributed by atoms with Gasteiger partial charge in [-0.25, -0.2) is 4.79 Å². The van der Waals surface area contributed by atoms with Gasteiger partial charge in [0.15, 0.2) is 0 Å². The first kappa shape index (κ1) is 19.5. The van der Waals surface area contributed by atoms with Gasteiger partial charge >= 0.3 is 6.09 Å². The fraction of sp³-hybridized carbons (Fsp3) is 0.611. The van der Waals surface area contributed by atoms with Crippen molar-refractivity contribution in [1.29, 1.82) is 0 Å². The average Bonchev–Trinajstić information content (AvgIpc) is 2.48. The smallest absolute Gasteiger partial charge is 0.407 e. The van der Waals surface area contributed by atoms with Crippen molar-refractivity contribution in [2.45, 2.75) is 52.2 Å². The molecule has 1 aromatic rings. The van der Waals surface area contributed by atoms with Gasteiger partial charge in [-0.05, 0) is 39.2 Å². The predicted octanol–water partition coefficient (Wildman–Crippen LogP) is 3.75. The first-order chi connectivity index (χ1) is 10.9. The van der Waals surface area contributed by atoms with E-state index < -0.39 is 5.60 Å². The Hall–Kier alpha value is -1.59. The average molecular weight is 322 g/mol. The molecule has 1 aromatic carbocycles. The summed E-state index contributed by atoms with van der Waals surface area (Å²) >= 11 is 0. The molecule has 0 saturated carbocycles. The van der Waals surface area contributed by atoms with Crippen molar-refractivity contribution in [2.24, 2.45) is 0 Å². The molecule has 5 nitrogen and oxygen atoms in total. The normalized spacial score (nSPS) is 11.5. The number of rotatable bonds is 9. The van der Waals surface area contributed by atoms with Crippen LogP contribution >= 0.6 is 0 Å². The summed E-state index contributed by atoms with van der Waals surface area (Å²) < 4.78 is 5.18. The Balaban J connectivity index is 1.99. The number of hydrogen-bond acceptors (Lipinski definition) is 4. The highest BCUT2D eigenvalue weighted by atomic mass is 16.7. The lowest BCUT2D eigenvalue weighted by Crippen LogP contribution is -2.33. The summed E-state index contributed by atoms with van der Waals surface area (Å²) in [5.74, 6) is 0. The van der Waals surface area contributed by atoms with E-state index in [1.165, 1.54) is 5.56 Å². The number of carbonyl (C=O) groups is 1. The monoisotopic (exact) mass is 322 g/mol. The Bertz CT molecular complexity index is 443. The minimum absolute atomic E-state index is 0.346. The first-order valence-corrected chi connectivity index (χ1v) is 8.21. The highest BCUT2D eigenvalue weighted by Gasteiger charge is 2.15. The molecule has 5 heteroatoms. The second kappa shape index (κ2) is 10.2. The number of nitrogens with zero attached hydrogens (tertiary/aromatic N) is 1. The van der Waals surface area contributed by atoms with E-state index in [-0.39, 0.29) is 6.09 Å². The van der Waals surface area contributed by atoms with E-state index in [1.54, 1.807) is 0 Å². The molecule has 0 aliphatic carbocycles. The molecule has 0 aliphatic heterocycles. The summed E-state index contributed by atoms with van der Waals surface area (Å²) in [7, 11) is 1.95. The molecule has 0 atom stereocenters. The molecule has 0 unspecified atom stereocenters. The predicted molar refractivity (Wildman–Crippen MR) is 91.9 cm³/mol. The molecular formula is C18H30N2O3. The molecule has 0 aromatic heterocycles. The number of hydroxylamine groups is 2. The van der Waals surface area contributed by atoms with Crippen molar-refractivity contribution < 1.29 is 14.4 Å². The van der Waals surface area contributed by atoms with Gasteiger partial charge in [-0.3, -0.25) is 4.84 Å². The van der Waals surface area contributed by atoms with Crippen LogP contribution in [-0.2, 0) is 16.2 Å². The number of amides is 1. The van der Waals surface area contributed by atoms with Crippen molar-refractivity contribution in [2.75, 3.05) is 20.1 Å². The fourth-order valence-corrected chi connectivity index (χ4v) is 1.96. The van der Waals surface area contributed by atoms with Crippen LogP contribution in [0.1, 0.15) is 45.6 Å². The van der Waals surface area contributed by atoms with Gasteiger partial charge in [0.2, 0.25) is 0 Å². The number of carbonyl (C=O) groups excluding carboxylic acids is 1. The first-order valence-electron chi connectivity index (χ1n) is 8.21. The fourth-order valence-electron chi connectivity index (χ4n) is 1.96. The summed E-state index contributed by atoms with van der Waals surface area (Å²) in [5.41, 5.74) is 0.726. The number of alkyl carbamates (subject to hydrolysis) is 1. The van der Waals surface area contributed by atoms with E-state index in [4.69, 9.17) is 9.57 Å². The highest BCUT2D eigenvalue weighted by molar-refractivity contribution is 5.67. The third-order valence-electron chi connectivity index (χ3n) is 3.11.